The zero-order valence-corrected chi connectivity index (χ0v) is 12.0. The lowest BCUT2D eigenvalue weighted by molar-refractivity contribution is -0.137. The smallest absolute Gasteiger partial charge is 0.305 e. The first-order valence-corrected chi connectivity index (χ1v) is 6.82. The Bertz CT molecular complexity index is 597. The molecule has 0 amide bonds. The molecule has 2 nitrogen and oxygen atoms in total. The molecule has 21 heavy (non-hydrogen) atoms. The van der Waals surface area contributed by atoms with Gasteiger partial charge in [-0.05, 0) is 36.4 Å². The van der Waals surface area contributed by atoms with Crippen molar-refractivity contribution in [2.75, 3.05) is 6.54 Å². The van der Waals surface area contributed by atoms with E-state index in [0.29, 0.717) is 22.8 Å². The molecule has 1 N–H and O–H groups in total. The van der Waals surface area contributed by atoms with Crippen LogP contribution in [0.5, 0.6) is 0 Å². The van der Waals surface area contributed by atoms with Gasteiger partial charge in [-0.15, -0.1) is 0 Å². The summed E-state index contributed by atoms with van der Waals surface area (Å²) in [4.78, 5) is 4.23. The number of halogens is 4. The van der Waals surface area contributed by atoms with Gasteiger partial charge in [0.05, 0.1) is 22.3 Å². The van der Waals surface area contributed by atoms with Crippen molar-refractivity contribution in [3.63, 3.8) is 0 Å². The monoisotopic (exact) mass is 314 g/mol. The van der Waals surface area contributed by atoms with Crippen molar-refractivity contribution in [2.45, 2.75) is 19.1 Å². The van der Waals surface area contributed by atoms with E-state index >= 15 is 0 Å². The Hall–Kier alpha value is -1.59. The summed E-state index contributed by atoms with van der Waals surface area (Å²) in [6.07, 6.45) is -2.73. The summed E-state index contributed by atoms with van der Waals surface area (Å²) in [5, 5.41) is 3.66. The lowest BCUT2D eigenvalue weighted by Crippen LogP contribution is -2.23. The van der Waals surface area contributed by atoms with E-state index < -0.39 is 11.7 Å². The van der Waals surface area contributed by atoms with Crippen LogP contribution in [0.25, 0.3) is 0 Å². The SMILES string of the molecule is CCNC(c1ccc(C(F)(F)F)cc1)c1ncccc1Cl. The van der Waals surface area contributed by atoms with Gasteiger partial charge in [-0.1, -0.05) is 30.7 Å². The molecule has 0 aliphatic carbocycles. The normalized spacial score (nSPS) is 13.2. The maximum atomic E-state index is 12.6. The molecule has 1 aromatic heterocycles. The molecule has 1 heterocycles. The van der Waals surface area contributed by atoms with E-state index in [1.165, 1.54) is 12.1 Å². The molecule has 0 saturated carbocycles. The largest absolute Gasteiger partial charge is 0.416 e. The number of rotatable bonds is 4. The third kappa shape index (κ3) is 3.74. The van der Waals surface area contributed by atoms with Crippen LogP contribution in [0, 0.1) is 0 Å². The fourth-order valence-electron chi connectivity index (χ4n) is 2.05. The van der Waals surface area contributed by atoms with Crippen LogP contribution in [-0.4, -0.2) is 11.5 Å². The minimum atomic E-state index is -4.34. The highest BCUT2D eigenvalue weighted by molar-refractivity contribution is 6.31. The summed E-state index contributed by atoms with van der Waals surface area (Å²) in [6, 6.07) is 8.10. The molecule has 1 aromatic carbocycles. The number of hydrogen-bond acceptors (Lipinski definition) is 2. The molecule has 2 aromatic rings. The van der Waals surface area contributed by atoms with E-state index in [4.69, 9.17) is 11.6 Å². The number of nitrogens with zero attached hydrogens (tertiary/aromatic N) is 1. The second kappa shape index (κ2) is 6.45. The topological polar surface area (TPSA) is 24.9 Å². The highest BCUT2D eigenvalue weighted by atomic mass is 35.5. The first-order chi connectivity index (χ1) is 9.93. The van der Waals surface area contributed by atoms with Gasteiger partial charge in [0.1, 0.15) is 0 Å². The third-order valence-corrected chi connectivity index (χ3v) is 3.36. The molecular weight excluding hydrogens is 301 g/mol. The summed E-state index contributed by atoms with van der Waals surface area (Å²) in [5.74, 6) is 0. The number of alkyl halides is 3. The van der Waals surface area contributed by atoms with Crippen molar-refractivity contribution in [3.05, 3.63) is 64.4 Å². The van der Waals surface area contributed by atoms with Crippen molar-refractivity contribution in [1.82, 2.24) is 10.3 Å². The zero-order chi connectivity index (χ0) is 15.5. The Labute approximate surface area is 126 Å². The van der Waals surface area contributed by atoms with Crippen LogP contribution in [0.1, 0.15) is 29.8 Å². The van der Waals surface area contributed by atoms with Crippen molar-refractivity contribution >= 4 is 11.6 Å². The minimum absolute atomic E-state index is 0.342. The number of benzene rings is 1. The van der Waals surface area contributed by atoms with Crippen molar-refractivity contribution in [3.8, 4) is 0 Å². The maximum Gasteiger partial charge on any atom is 0.416 e. The average molecular weight is 315 g/mol. The van der Waals surface area contributed by atoms with Gasteiger partial charge in [-0.3, -0.25) is 4.98 Å². The molecule has 0 fully saturated rings. The van der Waals surface area contributed by atoms with Crippen molar-refractivity contribution in [1.29, 1.82) is 0 Å². The van der Waals surface area contributed by atoms with Gasteiger partial charge in [0, 0.05) is 6.20 Å². The standard InChI is InChI=1S/C15H14ClF3N2/c1-2-20-13(14-12(16)4-3-9-21-14)10-5-7-11(8-6-10)15(17,18)19/h3-9,13,20H,2H2,1H3. The molecule has 0 bridgehead atoms. The van der Waals surface area contributed by atoms with E-state index in [-0.39, 0.29) is 6.04 Å². The average Bonchev–Trinajstić information content (AvgIpc) is 2.45. The third-order valence-electron chi connectivity index (χ3n) is 3.04. The molecule has 0 aliphatic heterocycles. The maximum absolute atomic E-state index is 12.6. The molecule has 6 heteroatoms. The van der Waals surface area contributed by atoms with Gasteiger partial charge in [0.15, 0.2) is 0 Å². The Morgan fingerprint density at radius 3 is 2.38 bits per heavy atom. The van der Waals surface area contributed by atoms with Crippen LogP contribution >= 0.6 is 11.6 Å². The van der Waals surface area contributed by atoms with Gasteiger partial charge in [0.2, 0.25) is 0 Å². The molecule has 0 saturated heterocycles. The van der Waals surface area contributed by atoms with E-state index in [1.807, 2.05) is 6.92 Å². The predicted molar refractivity (Wildman–Crippen MR) is 76.2 cm³/mol. The van der Waals surface area contributed by atoms with Crippen LogP contribution in [0.3, 0.4) is 0 Å². The van der Waals surface area contributed by atoms with Gasteiger partial charge in [-0.25, -0.2) is 0 Å². The molecule has 112 valence electrons. The van der Waals surface area contributed by atoms with Crippen molar-refractivity contribution < 1.29 is 13.2 Å². The highest BCUT2D eigenvalue weighted by Gasteiger charge is 2.30. The quantitative estimate of drug-likeness (QED) is 0.901. The first kappa shape index (κ1) is 15.8. The number of nitrogens with one attached hydrogen (secondary N) is 1. The van der Waals surface area contributed by atoms with E-state index in [2.05, 4.69) is 10.3 Å². The molecular formula is C15H14ClF3N2. The van der Waals surface area contributed by atoms with Gasteiger partial charge in [0.25, 0.3) is 0 Å². The lowest BCUT2D eigenvalue weighted by atomic mass is 10.0. The second-order valence-electron chi connectivity index (χ2n) is 4.48. The molecule has 0 spiro atoms. The Morgan fingerprint density at radius 1 is 1.19 bits per heavy atom. The van der Waals surface area contributed by atoms with Gasteiger partial charge in [-0.2, -0.15) is 13.2 Å². The van der Waals surface area contributed by atoms with Crippen LogP contribution in [0.2, 0.25) is 5.02 Å². The summed E-state index contributed by atoms with van der Waals surface area (Å²) in [5.41, 5.74) is 0.611. The van der Waals surface area contributed by atoms with Crippen molar-refractivity contribution in [2.24, 2.45) is 0 Å². The molecule has 2 rings (SSSR count). The number of hydrogen-bond donors (Lipinski definition) is 1. The van der Waals surface area contributed by atoms with Crippen LogP contribution in [0.15, 0.2) is 42.6 Å². The molecule has 0 radical (unpaired) electrons. The lowest BCUT2D eigenvalue weighted by Gasteiger charge is -2.19. The van der Waals surface area contributed by atoms with Crippen LogP contribution < -0.4 is 5.32 Å². The highest BCUT2D eigenvalue weighted by Crippen LogP contribution is 2.31. The summed E-state index contributed by atoms with van der Waals surface area (Å²) >= 11 is 6.13. The minimum Gasteiger partial charge on any atom is -0.305 e. The van der Waals surface area contributed by atoms with Crippen LogP contribution in [0.4, 0.5) is 13.2 Å². The predicted octanol–water partition coefficient (Wildman–Crippen LogP) is 4.45. The fourth-order valence-corrected chi connectivity index (χ4v) is 2.28. The number of aromatic nitrogens is 1. The molecule has 0 aliphatic rings. The Balaban J connectivity index is 2.37. The zero-order valence-electron chi connectivity index (χ0n) is 11.3. The van der Waals surface area contributed by atoms with Crippen LogP contribution in [-0.2, 0) is 6.18 Å². The first-order valence-electron chi connectivity index (χ1n) is 6.44. The van der Waals surface area contributed by atoms with Gasteiger partial charge < -0.3 is 5.32 Å². The fraction of sp³-hybridized carbons (Fsp3) is 0.267. The Kier molecular flexibility index (Phi) is 4.85. The van der Waals surface area contributed by atoms with E-state index in [1.54, 1.807) is 18.3 Å². The Morgan fingerprint density at radius 2 is 1.86 bits per heavy atom. The van der Waals surface area contributed by atoms with E-state index in [9.17, 15) is 13.2 Å². The molecule has 1 atom stereocenters. The summed E-state index contributed by atoms with van der Waals surface area (Å²) in [7, 11) is 0. The second-order valence-corrected chi connectivity index (χ2v) is 4.89. The summed E-state index contributed by atoms with van der Waals surface area (Å²) < 4.78 is 37.8. The summed E-state index contributed by atoms with van der Waals surface area (Å²) in [6.45, 7) is 2.55. The number of pyridine rings is 1. The van der Waals surface area contributed by atoms with Gasteiger partial charge >= 0.3 is 6.18 Å². The van der Waals surface area contributed by atoms with E-state index in [0.717, 1.165) is 12.1 Å². The molecule has 1 unspecified atom stereocenters.